The highest BCUT2D eigenvalue weighted by atomic mass is 32.2. The lowest BCUT2D eigenvalue weighted by atomic mass is 9.74. The molecule has 1 heterocycles. The summed E-state index contributed by atoms with van der Waals surface area (Å²) in [7, 11) is -2.98. The van der Waals surface area contributed by atoms with Crippen LogP contribution in [0.25, 0.3) is 0 Å². The lowest BCUT2D eigenvalue weighted by Crippen LogP contribution is -2.49. The Morgan fingerprint density at radius 3 is 2.50 bits per heavy atom. The van der Waals surface area contributed by atoms with Crippen LogP contribution in [-0.4, -0.2) is 54.5 Å². The van der Waals surface area contributed by atoms with Crippen LogP contribution in [0.1, 0.15) is 46.0 Å². The number of carboxylic acids is 1. The van der Waals surface area contributed by atoms with Gasteiger partial charge >= 0.3 is 5.97 Å². The second kappa shape index (κ2) is 5.64. The molecule has 116 valence electrons. The van der Waals surface area contributed by atoms with Crippen LogP contribution in [0.4, 0.5) is 0 Å². The molecule has 1 N–H and O–H groups in total. The Bertz CT molecular complexity index is 472. The van der Waals surface area contributed by atoms with Crippen LogP contribution in [0.2, 0.25) is 0 Å². The van der Waals surface area contributed by atoms with Crippen molar-refractivity contribution in [2.45, 2.75) is 58.0 Å². The van der Waals surface area contributed by atoms with Crippen molar-refractivity contribution in [1.82, 2.24) is 4.90 Å². The second-order valence-corrected chi connectivity index (χ2v) is 9.27. The summed E-state index contributed by atoms with van der Waals surface area (Å²) in [6.45, 7) is 4.38. The highest BCUT2D eigenvalue weighted by molar-refractivity contribution is 7.91. The van der Waals surface area contributed by atoms with Gasteiger partial charge in [0, 0.05) is 12.1 Å². The fraction of sp³-hybridized carbons (Fsp3) is 0.929. The molecule has 2 aliphatic rings. The minimum atomic E-state index is -2.98. The van der Waals surface area contributed by atoms with E-state index >= 15 is 0 Å². The van der Waals surface area contributed by atoms with E-state index in [1.807, 2.05) is 4.90 Å². The first-order valence-corrected chi connectivity index (χ1v) is 9.19. The number of carboxylic acid groups (broad SMARTS) is 1. The van der Waals surface area contributed by atoms with E-state index in [9.17, 15) is 13.2 Å². The molecule has 5 nitrogen and oxygen atoms in total. The molecule has 0 radical (unpaired) electrons. The van der Waals surface area contributed by atoms with Gasteiger partial charge in [0.1, 0.15) is 0 Å². The van der Waals surface area contributed by atoms with Gasteiger partial charge in [0.15, 0.2) is 9.84 Å². The maximum absolute atomic E-state index is 11.7. The summed E-state index contributed by atoms with van der Waals surface area (Å²) in [5.74, 6) is -0.543. The zero-order valence-electron chi connectivity index (χ0n) is 12.3. The van der Waals surface area contributed by atoms with Gasteiger partial charge in [-0.05, 0) is 31.1 Å². The summed E-state index contributed by atoms with van der Waals surface area (Å²) in [6.07, 6.45) is 4.76. The number of hydrogen-bond acceptors (Lipinski definition) is 4. The number of carbonyl (C=O) groups is 1. The van der Waals surface area contributed by atoms with E-state index in [-0.39, 0.29) is 35.5 Å². The molecule has 20 heavy (non-hydrogen) atoms. The van der Waals surface area contributed by atoms with Crippen molar-refractivity contribution < 1.29 is 18.3 Å². The van der Waals surface area contributed by atoms with Crippen LogP contribution in [0, 0.1) is 5.41 Å². The first-order chi connectivity index (χ1) is 9.19. The van der Waals surface area contributed by atoms with Gasteiger partial charge in [0.25, 0.3) is 0 Å². The van der Waals surface area contributed by atoms with E-state index in [1.54, 1.807) is 0 Å². The second-order valence-electron chi connectivity index (χ2n) is 7.04. The lowest BCUT2D eigenvalue weighted by Gasteiger charge is -2.43. The molecule has 0 aromatic rings. The molecule has 1 saturated heterocycles. The number of aliphatic carboxylic acids is 1. The Morgan fingerprint density at radius 1 is 1.30 bits per heavy atom. The molecule has 2 unspecified atom stereocenters. The summed E-state index contributed by atoms with van der Waals surface area (Å²) in [5.41, 5.74) is 0.219. The third-order valence-electron chi connectivity index (χ3n) is 4.64. The van der Waals surface area contributed by atoms with Crippen molar-refractivity contribution in [2.75, 3.05) is 18.1 Å². The van der Waals surface area contributed by atoms with Gasteiger partial charge in [0.05, 0.1) is 18.1 Å². The third kappa shape index (κ3) is 3.95. The monoisotopic (exact) mass is 303 g/mol. The number of sulfone groups is 1. The van der Waals surface area contributed by atoms with Crippen LogP contribution >= 0.6 is 0 Å². The first-order valence-electron chi connectivity index (χ1n) is 7.36. The summed E-state index contributed by atoms with van der Waals surface area (Å²) in [4.78, 5) is 13.1. The summed E-state index contributed by atoms with van der Waals surface area (Å²) < 4.78 is 23.3. The van der Waals surface area contributed by atoms with Gasteiger partial charge in [0.2, 0.25) is 0 Å². The highest BCUT2D eigenvalue weighted by Gasteiger charge is 2.39. The Labute approximate surface area is 121 Å². The van der Waals surface area contributed by atoms with E-state index in [2.05, 4.69) is 13.8 Å². The molecule has 2 rings (SSSR count). The summed E-state index contributed by atoms with van der Waals surface area (Å²) in [6, 6.07) is 0.0862. The Hall–Kier alpha value is -0.620. The minimum Gasteiger partial charge on any atom is -0.480 e. The summed E-state index contributed by atoms with van der Waals surface area (Å²) >= 11 is 0. The van der Waals surface area contributed by atoms with Crippen molar-refractivity contribution in [3.8, 4) is 0 Å². The third-order valence-corrected chi connectivity index (χ3v) is 6.39. The van der Waals surface area contributed by atoms with E-state index in [1.165, 1.54) is 0 Å². The van der Waals surface area contributed by atoms with Crippen molar-refractivity contribution >= 4 is 15.8 Å². The van der Waals surface area contributed by atoms with E-state index < -0.39 is 15.8 Å². The van der Waals surface area contributed by atoms with Gasteiger partial charge in [-0.2, -0.15) is 0 Å². The zero-order valence-corrected chi connectivity index (χ0v) is 13.2. The maximum Gasteiger partial charge on any atom is 0.317 e. The summed E-state index contributed by atoms with van der Waals surface area (Å²) in [5, 5.41) is 9.14. The van der Waals surface area contributed by atoms with Crippen molar-refractivity contribution in [2.24, 2.45) is 5.41 Å². The van der Waals surface area contributed by atoms with Gasteiger partial charge in [-0.15, -0.1) is 0 Å². The normalized spacial score (nSPS) is 32.4. The lowest BCUT2D eigenvalue weighted by molar-refractivity contribution is -0.140. The number of nitrogens with zero attached hydrogens (tertiary/aromatic N) is 1. The smallest absolute Gasteiger partial charge is 0.317 e. The maximum atomic E-state index is 11.7. The van der Waals surface area contributed by atoms with E-state index in [0.717, 1.165) is 25.7 Å². The molecule has 1 aliphatic carbocycles. The fourth-order valence-electron chi connectivity index (χ4n) is 3.69. The molecule has 1 saturated carbocycles. The predicted molar refractivity (Wildman–Crippen MR) is 77.4 cm³/mol. The molecule has 2 atom stereocenters. The predicted octanol–water partition coefficient (Wildman–Crippen LogP) is 1.53. The molecule has 0 aromatic heterocycles. The first kappa shape index (κ1) is 15.8. The van der Waals surface area contributed by atoms with Crippen LogP contribution in [0.15, 0.2) is 0 Å². The van der Waals surface area contributed by atoms with E-state index in [4.69, 9.17) is 5.11 Å². The molecule has 0 bridgehead atoms. The van der Waals surface area contributed by atoms with Gasteiger partial charge in [-0.25, -0.2) is 8.42 Å². The number of rotatable bonds is 4. The van der Waals surface area contributed by atoms with Crippen molar-refractivity contribution in [3.05, 3.63) is 0 Å². The molecule has 0 aromatic carbocycles. The van der Waals surface area contributed by atoms with Gasteiger partial charge in [-0.3, -0.25) is 9.69 Å². The van der Waals surface area contributed by atoms with Crippen LogP contribution < -0.4 is 0 Å². The highest BCUT2D eigenvalue weighted by Crippen LogP contribution is 2.38. The molecule has 0 spiro atoms. The van der Waals surface area contributed by atoms with Crippen molar-refractivity contribution in [3.63, 3.8) is 0 Å². The Balaban J connectivity index is 2.13. The molecule has 0 amide bonds. The van der Waals surface area contributed by atoms with Gasteiger partial charge < -0.3 is 5.11 Å². The molecule has 2 fully saturated rings. The van der Waals surface area contributed by atoms with Crippen LogP contribution in [0.5, 0.6) is 0 Å². The number of hydrogen-bond donors (Lipinski definition) is 1. The minimum absolute atomic E-state index is 0.0407. The Morgan fingerprint density at radius 2 is 2.00 bits per heavy atom. The van der Waals surface area contributed by atoms with Crippen LogP contribution in [0.3, 0.4) is 0 Å². The average Bonchev–Trinajstić information content (AvgIpc) is 2.65. The molecular formula is C14H25NO4S. The van der Waals surface area contributed by atoms with Crippen LogP contribution in [-0.2, 0) is 14.6 Å². The quantitative estimate of drug-likeness (QED) is 0.852. The Kier molecular flexibility index (Phi) is 4.44. The van der Waals surface area contributed by atoms with Gasteiger partial charge in [-0.1, -0.05) is 20.3 Å². The SMILES string of the molecule is CC1(C)CCCC(N(CC(=O)O)C2CCS(=O)(=O)C2)C1. The molecule has 6 heteroatoms. The fourth-order valence-corrected chi connectivity index (χ4v) is 5.43. The van der Waals surface area contributed by atoms with Crippen molar-refractivity contribution in [1.29, 1.82) is 0 Å². The zero-order chi connectivity index (χ0) is 15.0. The van der Waals surface area contributed by atoms with E-state index in [0.29, 0.717) is 6.42 Å². The molecular weight excluding hydrogens is 278 g/mol. The average molecular weight is 303 g/mol. The largest absolute Gasteiger partial charge is 0.480 e. The topological polar surface area (TPSA) is 74.7 Å². The standard InChI is InChI=1S/C14H25NO4S/c1-14(2)6-3-4-11(8-14)15(9-13(16)17)12-5-7-20(18,19)10-12/h11-12H,3-10H2,1-2H3,(H,16,17). The molecule has 1 aliphatic heterocycles.